The van der Waals surface area contributed by atoms with Crippen LogP contribution in [0, 0.1) is 0 Å². The summed E-state index contributed by atoms with van der Waals surface area (Å²) in [4.78, 5) is 27.2. The molecule has 1 N–H and O–H groups in total. The van der Waals surface area contributed by atoms with Gasteiger partial charge >= 0.3 is 0 Å². The summed E-state index contributed by atoms with van der Waals surface area (Å²) in [7, 11) is 0. The van der Waals surface area contributed by atoms with E-state index in [-0.39, 0.29) is 24.0 Å². The molecule has 0 unspecified atom stereocenters. The van der Waals surface area contributed by atoms with Crippen molar-refractivity contribution in [1.29, 1.82) is 0 Å². The van der Waals surface area contributed by atoms with Gasteiger partial charge in [0.25, 0.3) is 5.91 Å². The third kappa shape index (κ3) is 3.15. The van der Waals surface area contributed by atoms with Crippen LogP contribution in [0.5, 0.6) is 0 Å². The minimum Gasteiger partial charge on any atom is -0.503 e. The molecule has 2 aliphatic rings. The Kier molecular flexibility index (Phi) is 4.76. The van der Waals surface area contributed by atoms with Gasteiger partial charge in [-0.05, 0) is 36.6 Å². The molecular formula is C20H18ClNO5. The number of aliphatic hydroxyl groups is 1. The minimum absolute atomic E-state index is 0.0268. The van der Waals surface area contributed by atoms with Crippen molar-refractivity contribution >= 4 is 23.3 Å². The van der Waals surface area contributed by atoms with E-state index in [2.05, 4.69) is 0 Å². The molecule has 0 aliphatic carbocycles. The van der Waals surface area contributed by atoms with Crippen molar-refractivity contribution in [3.8, 4) is 0 Å². The van der Waals surface area contributed by atoms with Gasteiger partial charge in [0.2, 0.25) is 5.78 Å². The molecule has 6 nitrogen and oxygen atoms in total. The van der Waals surface area contributed by atoms with Crippen LogP contribution in [0.2, 0.25) is 5.02 Å². The number of carbonyl (C=O) groups excluding carboxylic acids is 2. The lowest BCUT2D eigenvalue weighted by atomic mass is 9.95. The molecule has 7 heteroatoms. The zero-order valence-corrected chi connectivity index (χ0v) is 15.2. The van der Waals surface area contributed by atoms with E-state index in [1.165, 1.54) is 17.2 Å². The van der Waals surface area contributed by atoms with Crippen molar-refractivity contribution in [2.75, 3.05) is 13.2 Å². The van der Waals surface area contributed by atoms with Crippen LogP contribution in [0.4, 0.5) is 0 Å². The highest BCUT2D eigenvalue weighted by atomic mass is 35.5. The number of ketones is 1. The number of hydrogen-bond acceptors (Lipinski definition) is 5. The van der Waals surface area contributed by atoms with Gasteiger partial charge in [0, 0.05) is 18.2 Å². The molecule has 1 fully saturated rings. The summed E-state index contributed by atoms with van der Waals surface area (Å²) in [5.74, 6) is -1.66. The van der Waals surface area contributed by atoms with Gasteiger partial charge in [-0.3, -0.25) is 9.59 Å². The zero-order valence-electron chi connectivity index (χ0n) is 14.4. The van der Waals surface area contributed by atoms with Crippen molar-refractivity contribution in [3.63, 3.8) is 0 Å². The molecule has 140 valence electrons. The highest BCUT2D eigenvalue weighted by Gasteiger charge is 2.46. The first-order valence-corrected chi connectivity index (χ1v) is 9.14. The van der Waals surface area contributed by atoms with Crippen LogP contribution in [0.25, 0.3) is 0 Å². The van der Waals surface area contributed by atoms with Gasteiger partial charge < -0.3 is 19.2 Å². The number of furan rings is 1. The topological polar surface area (TPSA) is 80.0 Å². The Morgan fingerprint density at radius 2 is 2.07 bits per heavy atom. The second-order valence-corrected chi connectivity index (χ2v) is 6.99. The Hall–Kier alpha value is -2.57. The molecule has 1 saturated heterocycles. The van der Waals surface area contributed by atoms with E-state index in [1.54, 1.807) is 30.3 Å². The Bertz CT molecular complexity index is 899. The van der Waals surface area contributed by atoms with E-state index >= 15 is 0 Å². The number of nitrogens with zero attached hydrogens (tertiary/aromatic N) is 1. The fourth-order valence-corrected chi connectivity index (χ4v) is 3.88. The van der Waals surface area contributed by atoms with Gasteiger partial charge in [-0.2, -0.15) is 0 Å². The highest BCUT2D eigenvalue weighted by molar-refractivity contribution is 6.31. The predicted molar refractivity (Wildman–Crippen MR) is 97.6 cm³/mol. The molecule has 2 aliphatic heterocycles. The lowest BCUT2D eigenvalue weighted by Crippen LogP contribution is -2.37. The minimum atomic E-state index is -0.798. The molecule has 0 bridgehead atoms. The maximum Gasteiger partial charge on any atom is 0.290 e. The zero-order chi connectivity index (χ0) is 19.0. The molecule has 1 aromatic carbocycles. The largest absolute Gasteiger partial charge is 0.503 e. The smallest absolute Gasteiger partial charge is 0.290 e. The van der Waals surface area contributed by atoms with E-state index in [9.17, 15) is 14.7 Å². The van der Waals surface area contributed by atoms with E-state index in [1.807, 2.05) is 0 Å². The van der Waals surface area contributed by atoms with E-state index in [0.29, 0.717) is 17.2 Å². The number of carbonyl (C=O) groups is 2. The van der Waals surface area contributed by atoms with Gasteiger partial charge in [-0.25, -0.2) is 0 Å². The van der Waals surface area contributed by atoms with Crippen LogP contribution in [-0.4, -0.2) is 41.0 Å². The summed E-state index contributed by atoms with van der Waals surface area (Å²) in [5, 5.41) is 10.9. The number of rotatable bonds is 5. The molecule has 0 spiro atoms. The van der Waals surface area contributed by atoms with Crippen LogP contribution >= 0.6 is 11.6 Å². The fraction of sp³-hybridized carbons (Fsp3) is 0.300. The number of benzene rings is 1. The number of amides is 1. The lowest BCUT2D eigenvalue weighted by Gasteiger charge is -2.29. The Morgan fingerprint density at radius 3 is 2.74 bits per heavy atom. The highest BCUT2D eigenvalue weighted by Crippen LogP contribution is 2.42. The van der Waals surface area contributed by atoms with E-state index in [4.69, 9.17) is 20.8 Å². The van der Waals surface area contributed by atoms with E-state index in [0.717, 1.165) is 12.8 Å². The quantitative estimate of drug-likeness (QED) is 0.791. The Balaban J connectivity index is 1.78. The van der Waals surface area contributed by atoms with Crippen molar-refractivity contribution in [2.45, 2.75) is 25.0 Å². The monoisotopic (exact) mass is 387 g/mol. The average molecular weight is 388 g/mol. The fourth-order valence-electron chi connectivity index (χ4n) is 3.64. The number of hydrogen-bond donors (Lipinski definition) is 1. The molecule has 2 atom stereocenters. The average Bonchev–Trinajstić information content (AvgIpc) is 3.40. The Labute approximate surface area is 161 Å². The summed E-state index contributed by atoms with van der Waals surface area (Å²) in [6, 6.07) is 9.26. The molecule has 1 amide bonds. The SMILES string of the molecule is O=C(C1=C(O)C(=O)N(C[C@@H]2CCCO2)[C@H]1c1ccccc1Cl)c1ccco1. The van der Waals surface area contributed by atoms with Crippen molar-refractivity contribution in [3.05, 3.63) is 70.3 Å². The van der Waals surface area contributed by atoms with Gasteiger partial charge in [0.15, 0.2) is 11.5 Å². The first-order valence-electron chi connectivity index (χ1n) is 8.76. The summed E-state index contributed by atoms with van der Waals surface area (Å²) in [6.45, 7) is 0.911. The predicted octanol–water partition coefficient (Wildman–Crippen LogP) is 3.69. The summed E-state index contributed by atoms with van der Waals surface area (Å²) in [5.41, 5.74) is 0.547. The standard InChI is InChI=1S/C20H18ClNO5/c21-14-7-2-1-6-13(14)17-16(18(23)15-8-4-10-27-15)19(24)20(25)22(17)11-12-5-3-9-26-12/h1-2,4,6-8,10,12,17,24H,3,5,9,11H2/t12-,17-/m0/s1. The molecule has 3 heterocycles. The van der Waals surface area contributed by atoms with E-state index < -0.39 is 23.5 Å². The van der Waals surface area contributed by atoms with Crippen LogP contribution in [0.15, 0.2) is 58.4 Å². The molecule has 0 radical (unpaired) electrons. The second-order valence-electron chi connectivity index (χ2n) is 6.59. The van der Waals surface area contributed by atoms with Gasteiger partial charge in [0.1, 0.15) is 0 Å². The molecule has 27 heavy (non-hydrogen) atoms. The third-order valence-electron chi connectivity index (χ3n) is 4.92. The number of halogens is 1. The summed E-state index contributed by atoms with van der Waals surface area (Å²) in [6.07, 6.45) is 2.98. The molecule has 2 aromatic rings. The first kappa shape index (κ1) is 17.8. The molecule has 1 aromatic heterocycles. The maximum atomic E-state index is 13.0. The summed E-state index contributed by atoms with van der Waals surface area (Å²) >= 11 is 6.37. The molecule has 0 saturated carbocycles. The number of aliphatic hydroxyl groups excluding tert-OH is 1. The lowest BCUT2D eigenvalue weighted by molar-refractivity contribution is -0.131. The molecular weight excluding hydrogens is 370 g/mol. The maximum absolute atomic E-state index is 13.0. The van der Waals surface area contributed by atoms with Crippen LogP contribution in [0.3, 0.4) is 0 Å². The first-order chi connectivity index (χ1) is 13.1. The second kappa shape index (κ2) is 7.21. The van der Waals surface area contributed by atoms with Gasteiger partial charge in [-0.15, -0.1) is 0 Å². The van der Waals surface area contributed by atoms with Crippen molar-refractivity contribution in [1.82, 2.24) is 4.90 Å². The summed E-state index contributed by atoms with van der Waals surface area (Å²) < 4.78 is 10.8. The normalized spacial score (nSPS) is 22.7. The number of Topliss-reactive ketones (excluding diaryl/α,β-unsaturated/α-hetero) is 1. The van der Waals surface area contributed by atoms with Crippen molar-refractivity contribution in [2.24, 2.45) is 0 Å². The van der Waals surface area contributed by atoms with Crippen LogP contribution in [-0.2, 0) is 9.53 Å². The molecule has 4 rings (SSSR count). The van der Waals surface area contributed by atoms with Crippen molar-refractivity contribution < 1.29 is 23.8 Å². The van der Waals surface area contributed by atoms with Gasteiger partial charge in [0.05, 0.1) is 24.0 Å². The van der Waals surface area contributed by atoms with Crippen LogP contribution < -0.4 is 0 Å². The Morgan fingerprint density at radius 1 is 1.26 bits per heavy atom. The third-order valence-corrected chi connectivity index (χ3v) is 5.26. The van der Waals surface area contributed by atoms with Crippen LogP contribution in [0.1, 0.15) is 35.0 Å². The van der Waals surface area contributed by atoms with Gasteiger partial charge in [-0.1, -0.05) is 29.8 Å². The number of ether oxygens (including phenoxy) is 1.